The Labute approximate surface area is 160 Å². The van der Waals surface area contributed by atoms with Crippen LogP contribution >= 0.6 is 0 Å². The topological polar surface area (TPSA) is 97.0 Å². The molecule has 2 rings (SSSR count). The van der Waals surface area contributed by atoms with Gasteiger partial charge >= 0.3 is 6.09 Å². The second kappa shape index (κ2) is 14.5. The molecule has 1 heterocycles. The molecule has 0 spiro atoms. The van der Waals surface area contributed by atoms with Crippen LogP contribution in [0.5, 0.6) is 0 Å². The van der Waals surface area contributed by atoms with Crippen LogP contribution in [-0.4, -0.2) is 62.7 Å². The summed E-state index contributed by atoms with van der Waals surface area (Å²) in [6, 6.07) is 9.41. The van der Waals surface area contributed by atoms with Crippen molar-refractivity contribution < 1.29 is 23.9 Å². The summed E-state index contributed by atoms with van der Waals surface area (Å²) in [4.78, 5) is 34.5. The zero-order valence-corrected chi connectivity index (χ0v) is 15.8. The van der Waals surface area contributed by atoms with Gasteiger partial charge in [0.1, 0.15) is 13.2 Å². The fourth-order valence-electron chi connectivity index (χ4n) is 2.22. The van der Waals surface area contributed by atoms with Gasteiger partial charge in [0.2, 0.25) is 5.91 Å². The molecule has 0 atom stereocenters. The van der Waals surface area contributed by atoms with E-state index in [4.69, 9.17) is 4.74 Å². The maximum Gasteiger partial charge on any atom is 0.407 e. The summed E-state index contributed by atoms with van der Waals surface area (Å²) in [7, 11) is 0. The minimum Gasteiger partial charge on any atom is -0.468 e. The molecule has 150 valence electrons. The van der Waals surface area contributed by atoms with Crippen molar-refractivity contribution in [1.29, 1.82) is 0 Å². The number of ether oxygens (including phenoxy) is 2. The maximum absolute atomic E-state index is 11.8. The van der Waals surface area contributed by atoms with E-state index in [1.807, 2.05) is 37.3 Å². The van der Waals surface area contributed by atoms with E-state index in [9.17, 15) is 14.4 Å². The van der Waals surface area contributed by atoms with E-state index < -0.39 is 6.09 Å². The van der Waals surface area contributed by atoms with Gasteiger partial charge < -0.3 is 25.0 Å². The first-order valence-corrected chi connectivity index (χ1v) is 9.15. The van der Waals surface area contributed by atoms with Gasteiger partial charge in [0.25, 0.3) is 6.47 Å². The molecule has 1 aromatic carbocycles. The average Bonchev–Trinajstić information content (AvgIpc) is 2.73. The van der Waals surface area contributed by atoms with Gasteiger partial charge in [-0.15, -0.1) is 0 Å². The number of benzene rings is 1. The van der Waals surface area contributed by atoms with Crippen LogP contribution < -0.4 is 10.6 Å². The Bertz CT molecular complexity index is 548. The summed E-state index contributed by atoms with van der Waals surface area (Å²) in [6.45, 7) is 6.24. The Morgan fingerprint density at radius 2 is 1.93 bits per heavy atom. The Morgan fingerprint density at radius 1 is 1.22 bits per heavy atom. The number of piperazine rings is 1. The van der Waals surface area contributed by atoms with Gasteiger partial charge in [-0.3, -0.25) is 9.59 Å². The predicted molar refractivity (Wildman–Crippen MR) is 101 cm³/mol. The quantitative estimate of drug-likeness (QED) is 0.522. The van der Waals surface area contributed by atoms with E-state index in [2.05, 4.69) is 15.4 Å². The van der Waals surface area contributed by atoms with Crippen molar-refractivity contribution in [2.45, 2.75) is 26.4 Å². The third kappa shape index (κ3) is 10.9. The third-order valence-corrected chi connectivity index (χ3v) is 3.75. The summed E-state index contributed by atoms with van der Waals surface area (Å²) < 4.78 is 9.43. The first kappa shape index (κ1) is 22.4. The first-order chi connectivity index (χ1) is 13.2. The lowest BCUT2D eigenvalue weighted by atomic mass is 10.2. The number of nitrogens with one attached hydrogen (secondary N) is 2. The number of rotatable bonds is 8. The van der Waals surface area contributed by atoms with Gasteiger partial charge in [0.05, 0.1) is 6.61 Å². The van der Waals surface area contributed by atoms with Crippen LogP contribution in [0.4, 0.5) is 4.79 Å². The Kier molecular flexibility index (Phi) is 12.1. The van der Waals surface area contributed by atoms with Crippen LogP contribution in [0.2, 0.25) is 0 Å². The molecule has 1 aromatic rings. The van der Waals surface area contributed by atoms with E-state index in [1.165, 1.54) is 0 Å². The molecule has 0 radical (unpaired) electrons. The molecule has 27 heavy (non-hydrogen) atoms. The highest BCUT2D eigenvalue weighted by Gasteiger charge is 2.16. The lowest BCUT2D eigenvalue weighted by molar-refractivity contribution is -0.131. The summed E-state index contributed by atoms with van der Waals surface area (Å²) >= 11 is 0. The Hall–Kier alpha value is -2.61. The van der Waals surface area contributed by atoms with Crippen LogP contribution in [0.1, 0.15) is 25.3 Å². The highest BCUT2D eigenvalue weighted by Crippen LogP contribution is 2.00. The fourth-order valence-corrected chi connectivity index (χ4v) is 2.22. The van der Waals surface area contributed by atoms with Gasteiger partial charge in [-0.2, -0.15) is 0 Å². The molecule has 0 saturated carbocycles. The Balaban J connectivity index is 0.000000445. The van der Waals surface area contributed by atoms with Crippen molar-refractivity contribution in [3.63, 3.8) is 0 Å². The number of unbranched alkanes of at least 4 members (excludes halogenated alkanes) is 1. The van der Waals surface area contributed by atoms with Crippen molar-refractivity contribution in [3.8, 4) is 0 Å². The van der Waals surface area contributed by atoms with Crippen LogP contribution in [0.15, 0.2) is 30.3 Å². The van der Waals surface area contributed by atoms with Crippen molar-refractivity contribution in [1.82, 2.24) is 15.5 Å². The minimum atomic E-state index is -0.572. The molecule has 1 aliphatic rings. The van der Waals surface area contributed by atoms with Crippen molar-refractivity contribution in [2.75, 3.05) is 39.3 Å². The van der Waals surface area contributed by atoms with Crippen LogP contribution in [0.25, 0.3) is 0 Å². The molecule has 2 amide bonds. The lowest BCUT2D eigenvalue weighted by Gasteiger charge is -2.27. The largest absolute Gasteiger partial charge is 0.468 e. The van der Waals surface area contributed by atoms with Crippen LogP contribution in [0.3, 0.4) is 0 Å². The molecule has 1 fully saturated rings. The summed E-state index contributed by atoms with van der Waals surface area (Å²) in [5, 5.41) is 5.64. The van der Waals surface area contributed by atoms with Crippen molar-refractivity contribution >= 4 is 18.5 Å². The molecule has 0 aliphatic carbocycles. The zero-order chi connectivity index (χ0) is 19.7. The van der Waals surface area contributed by atoms with E-state index >= 15 is 0 Å². The Morgan fingerprint density at radius 3 is 2.56 bits per heavy atom. The van der Waals surface area contributed by atoms with Gasteiger partial charge in [0, 0.05) is 26.2 Å². The standard InChI is InChI=1S/C14H19N3O3.C5H10O2/c18-13(17-8-6-15-7-9-17)10-16-14(19)20-11-12-4-2-1-3-5-12;1-2-3-4-7-5-6/h1-5,15H,6-11H2,(H,16,19);5H,2-4H2,1H3. The molecular formula is C19H29N3O5. The molecular weight excluding hydrogens is 350 g/mol. The molecule has 2 N–H and O–H groups in total. The molecule has 8 nitrogen and oxygen atoms in total. The first-order valence-electron chi connectivity index (χ1n) is 9.15. The van der Waals surface area contributed by atoms with Gasteiger partial charge in [-0.1, -0.05) is 43.7 Å². The highest BCUT2D eigenvalue weighted by atomic mass is 16.5. The van der Waals surface area contributed by atoms with E-state index in [-0.39, 0.29) is 19.1 Å². The maximum atomic E-state index is 11.8. The molecule has 8 heteroatoms. The number of alkyl carbamates (subject to hydrolysis) is 1. The van der Waals surface area contributed by atoms with E-state index in [1.54, 1.807) is 4.90 Å². The van der Waals surface area contributed by atoms with Crippen molar-refractivity contribution in [3.05, 3.63) is 35.9 Å². The molecule has 0 unspecified atom stereocenters. The number of amides is 2. The van der Waals surface area contributed by atoms with Gasteiger partial charge in [0.15, 0.2) is 0 Å². The second-order valence-corrected chi connectivity index (χ2v) is 5.87. The van der Waals surface area contributed by atoms with E-state index in [0.29, 0.717) is 26.2 Å². The molecule has 0 aromatic heterocycles. The monoisotopic (exact) mass is 379 g/mol. The third-order valence-electron chi connectivity index (χ3n) is 3.75. The van der Waals surface area contributed by atoms with Gasteiger partial charge in [-0.05, 0) is 12.0 Å². The number of hydrogen-bond donors (Lipinski definition) is 2. The zero-order valence-electron chi connectivity index (χ0n) is 15.8. The number of carbonyl (C=O) groups is 3. The number of nitrogens with zero attached hydrogens (tertiary/aromatic N) is 1. The second-order valence-electron chi connectivity index (χ2n) is 5.87. The summed E-state index contributed by atoms with van der Waals surface area (Å²) in [5.74, 6) is -0.0804. The van der Waals surface area contributed by atoms with Crippen LogP contribution in [-0.2, 0) is 25.7 Å². The van der Waals surface area contributed by atoms with Crippen LogP contribution in [0, 0.1) is 0 Å². The van der Waals surface area contributed by atoms with Gasteiger partial charge in [-0.25, -0.2) is 4.79 Å². The SMILES string of the molecule is CCCCOC=O.O=C(NCC(=O)N1CCNCC1)OCc1ccccc1. The van der Waals surface area contributed by atoms with Crippen molar-refractivity contribution in [2.24, 2.45) is 0 Å². The van der Waals surface area contributed by atoms with E-state index in [0.717, 1.165) is 31.5 Å². The smallest absolute Gasteiger partial charge is 0.407 e. The fraction of sp³-hybridized carbons (Fsp3) is 0.526. The number of carbonyl (C=O) groups excluding carboxylic acids is 3. The predicted octanol–water partition coefficient (Wildman–Crippen LogP) is 1.30. The highest BCUT2D eigenvalue weighted by molar-refractivity contribution is 5.82. The molecule has 0 bridgehead atoms. The minimum absolute atomic E-state index is 0.0202. The number of hydrogen-bond acceptors (Lipinski definition) is 6. The molecule has 1 aliphatic heterocycles. The molecule has 1 saturated heterocycles. The lowest BCUT2D eigenvalue weighted by Crippen LogP contribution is -2.49. The average molecular weight is 379 g/mol. The normalized spacial score (nSPS) is 13.0. The summed E-state index contributed by atoms with van der Waals surface area (Å²) in [5.41, 5.74) is 0.913. The summed E-state index contributed by atoms with van der Waals surface area (Å²) in [6.07, 6.45) is 1.48.